The van der Waals surface area contributed by atoms with Gasteiger partial charge in [-0.1, -0.05) is 54.6 Å². The van der Waals surface area contributed by atoms with Gasteiger partial charge in [0.1, 0.15) is 0 Å². The zero-order chi connectivity index (χ0) is 23.5. The summed E-state index contributed by atoms with van der Waals surface area (Å²) in [6.45, 7) is 3.11. The highest BCUT2D eigenvalue weighted by atomic mass is 35.5. The molecule has 1 atom stereocenters. The number of halogens is 1. The van der Waals surface area contributed by atoms with Crippen LogP contribution in [0.25, 0.3) is 11.1 Å². The first kappa shape index (κ1) is 25.2. The first-order chi connectivity index (χ1) is 16.4. The summed E-state index contributed by atoms with van der Waals surface area (Å²) in [7, 11) is -3.49. The molecule has 6 nitrogen and oxygen atoms in total. The van der Waals surface area contributed by atoms with Crippen LogP contribution in [-0.4, -0.2) is 38.9 Å². The Labute approximate surface area is 213 Å². The van der Waals surface area contributed by atoms with Crippen LogP contribution in [0.5, 0.6) is 0 Å². The van der Waals surface area contributed by atoms with Gasteiger partial charge < -0.3 is 10.2 Å². The molecule has 0 saturated carbocycles. The number of fused-ring (bicyclic) bond motifs is 3. The van der Waals surface area contributed by atoms with Crippen LogP contribution < -0.4 is 10.0 Å². The van der Waals surface area contributed by atoms with E-state index in [9.17, 15) is 13.2 Å². The summed E-state index contributed by atoms with van der Waals surface area (Å²) in [6.07, 6.45) is 2.24. The van der Waals surface area contributed by atoms with E-state index in [1.165, 1.54) is 0 Å². The summed E-state index contributed by atoms with van der Waals surface area (Å²) in [5.41, 5.74) is 4.05. The van der Waals surface area contributed by atoms with Crippen molar-refractivity contribution in [2.75, 3.05) is 29.7 Å². The molecule has 2 N–H and O–H groups in total. The summed E-state index contributed by atoms with van der Waals surface area (Å²) in [5.74, 6) is 0.644. The molecule has 6 rings (SSSR count). The number of amides is 1. The summed E-state index contributed by atoms with van der Waals surface area (Å²) < 4.78 is 27.6. The van der Waals surface area contributed by atoms with Crippen LogP contribution in [0.15, 0.2) is 78.9 Å². The average Bonchev–Trinajstić information content (AvgIpc) is 2.86. The molecule has 0 spiro atoms. The lowest BCUT2D eigenvalue weighted by Crippen LogP contribution is -2.51. The van der Waals surface area contributed by atoms with Crippen LogP contribution in [0.3, 0.4) is 0 Å². The Balaban J connectivity index is 0.00000289. The highest BCUT2D eigenvalue weighted by Crippen LogP contribution is 2.33. The molecular formula is C27H30ClN3O3S. The zero-order valence-corrected chi connectivity index (χ0v) is 21.0. The van der Waals surface area contributed by atoms with E-state index in [0.717, 1.165) is 54.9 Å². The van der Waals surface area contributed by atoms with Crippen molar-refractivity contribution >= 4 is 39.7 Å². The molecule has 0 radical (unpaired) electrons. The Kier molecular flexibility index (Phi) is 7.79. The van der Waals surface area contributed by atoms with Crippen LogP contribution in [0, 0.1) is 11.8 Å². The van der Waals surface area contributed by atoms with Gasteiger partial charge in [-0.2, -0.15) is 0 Å². The van der Waals surface area contributed by atoms with Crippen molar-refractivity contribution in [1.29, 1.82) is 0 Å². The molecule has 1 amide bonds. The van der Waals surface area contributed by atoms with E-state index in [1.807, 2.05) is 54.6 Å². The third-order valence-electron chi connectivity index (χ3n) is 6.84. The number of sulfonamides is 1. The maximum Gasteiger partial charge on any atom is 0.236 e. The van der Waals surface area contributed by atoms with Gasteiger partial charge in [-0.15, -0.1) is 12.4 Å². The molecule has 3 heterocycles. The highest BCUT2D eigenvalue weighted by Gasteiger charge is 2.38. The number of piperidine rings is 3. The molecule has 3 aliphatic rings. The molecular weight excluding hydrogens is 482 g/mol. The molecule has 3 fully saturated rings. The third-order valence-corrected chi connectivity index (χ3v) is 8.10. The Morgan fingerprint density at radius 3 is 1.94 bits per heavy atom. The van der Waals surface area contributed by atoms with Crippen LogP contribution >= 0.6 is 12.4 Å². The Hall–Kier alpha value is -2.87. The molecule has 0 aromatic heterocycles. The van der Waals surface area contributed by atoms with Gasteiger partial charge in [0.25, 0.3) is 0 Å². The second-order valence-electron chi connectivity index (χ2n) is 9.24. The summed E-state index contributed by atoms with van der Waals surface area (Å²) in [5, 5.41) is 3.09. The van der Waals surface area contributed by atoms with E-state index in [0.29, 0.717) is 11.6 Å². The minimum atomic E-state index is -3.49. The minimum absolute atomic E-state index is 0. The number of nitrogens with zero attached hydrogens (tertiary/aromatic N) is 1. The maximum atomic E-state index is 12.8. The van der Waals surface area contributed by atoms with Crippen molar-refractivity contribution in [3.63, 3.8) is 0 Å². The smallest absolute Gasteiger partial charge is 0.236 e. The van der Waals surface area contributed by atoms with Gasteiger partial charge in [0.05, 0.1) is 11.7 Å². The first-order valence-electron chi connectivity index (χ1n) is 11.7. The summed E-state index contributed by atoms with van der Waals surface area (Å²) in [6, 6.07) is 24.2. The third kappa shape index (κ3) is 6.23. The predicted molar refractivity (Wildman–Crippen MR) is 143 cm³/mol. The van der Waals surface area contributed by atoms with E-state index in [-0.39, 0.29) is 30.0 Å². The van der Waals surface area contributed by atoms with Crippen molar-refractivity contribution in [2.45, 2.75) is 18.6 Å². The summed E-state index contributed by atoms with van der Waals surface area (Å²) >= 11 is 0. The van der Waals surface area contributed by atoms with Crippen LogP contribution in [-0.2, 0) is 20.6 Å². The molecule has 3 aliphatic heterocycles. The number of rotatable bonds is 7. The van der Waals surface area contributed by atoms with Crippen LogP contribution in [0.2, 0.25) is 0 Å². The van der Waals surface area contributed by atoms with Crippen molar-refractivity contribution in [1.82, 2.24) is 4.90 Å². The minimum Gasteiger partial charge on any atom is -0.326 e. The standard InChI is InChI=1S/C27H29N3O3S.ClH/c31-27(26-18-30-16-14-23(26)15-17-30)28-24-10-6-21(7-11-24)22-8-12-25(13-9-22)29-34(32,33)19-20-4-2-1-3-5-20;/h1-13,23,26,29H,14-19H2,(H,28,31);1H. The van der Waals surface area contributed by atoms with Gasteiger partial charge in [-0.25, -0.2) is 8.42 Å². The summed E-state index contributed by atoms with van der Waals surface area (Å²) in [4.78, 5) is 15.2. The Morgan fingerprint density at radius 1 is 0.829 bits per heavy atom. The second-order valence-corrected chi connectivity index (χ2v) is 11.0. The second kappa shape index (κ2) is 10.8. The van der Waals surface area contributed by atoms with Gasteiger partial charge in [0, 0.05) is 17.9 Å². The van der Waals surface area contributed by atoms with Crippen molar-refractivity contribution in [2.24, 2.45) is 11.8 Å². The van der Waals surface area contributed by atoms with E-state index >= 15 is 0 Å². The van der Waals surface area contributed by atoms with Crippen molar-refractivity contribution in [3.05, 3.63) is 84.4 Å². The number of hydrogen-bond donors (Lipinski definition) is 2. The predicted octanol–water partition coefficient (Wildman–Crippen LogP) is 5.00. The molecule has 3 saturated heterocycles. The molecule has 184 valence electrons. The van der Waals surface area contributed by atoms with E-state index in [4.69, 9.17) is 0 Å². The van der Waals surface area contributed by atoms with Gasteiger partial charge in [0.15, 0.2) is 0 Å². The van der Waals surface area contributed by atoms with Gasteiger partial charge in [0.2, 0.25) is 15.9 Å². The Morgan fingerprint density at radius 2 is 1.40 bits per heavy atom. The quantitative estimate of drug-likeness (QED) is 0.468. The number of carbonyl (C=O) groups excluding carboxylic acids is 1. The molecule has 3 aromatic rings. The zero-order valence-electron chi connectivity index (χ0n) is 19.4. The van der Waals surface area contributed by atoms with Crippen molar-refractivity contribution < 1.29 is 13.2 Å². The number of benzene rings is 3. The largest absolute Gasteiger partial charge is 0.326 e. The molecule has 8 heteroatoms. The fourth-order valence-electron chi connectivity index (χ4n) is 4.98. The van der Waals surface area contributed by atoms with E-state index in [1.54, 1.807) is 24.3 Å². The van der Waals surface area contributed by atoms with Gasteiger partial charge >= 0.3 is 0 Å². The lowest BCUT2D eigenvalue weighted by molar-refractivity contribution is -0.125. The fraction of sp³-hybridized carbons (Fsp3) is 0.296. The molecule has 3 aromatic carbocycles. The molecule has 35 heavy (non-hydrogen) atoms. The monoisotopic (exact) mass is 511 g/mol. The topological polar surface area (TPSA) is 78.5 Å². The highest BCUT2D eigenvalue weighted by molar-refractivity contribution is 7.91. The number of hydrogen-bond acceptors (Lipinski definition) is 4. The maximum absolute atomic E-state index is 12.8. The van der Waals surface area contributed by atoms with Crippen LogP contribution in [0.1, 0.15) is 18.4 Å². The van der Waals surface area contributed by atoms with Gasteiger partial charge in [-0.3, -0.25) is 9.52 Å². The molecule has 2 bridgehead atoms. The SMILES string of the molecule is Cl.O=C(Nc1ccc(-c2ccc(NS(=O)(=O)Cc3ccccc3)cc2)cc1)C1CN2CCC1CC2. The van der Waals surface area contributed by atoms with E-state index < -0.39 is 10.0 Å². The number of anilines is 2. The average molecular weight is 512 g/mol. The lowest BCUT2D eigenvalue weighted by atomic mass is 9.78. The number of carbonyl (C=O) groups is 1. The molecule has 1 unspecified atom stereocenters. The molecule has 0 aliphatic carbocycles. The first-order valence-corrected chi connectivity index (χ1v) is 13.4. The van der Waals surface area contributed by atoms with Crippen LogP contribution in [0.4, 0.5) is 11.4 Å². The van der Waals surface area contributed by atoms with Gasteiger partial charge in [-0.05, 0) is 72.8 Å². The van der Waals surface area contributed by atoms with E-state index in [2.05, 4.69) is 14.9 Å². The number of nitrogens with one attached hydrogen (secondary N) is 2. The Bertz CT molecular complexity index is 1240. The van der Waals surface area contributed by atoms with Crippen molar-refractivity contribution in [3.8, 4) is 11.1 Å². The fourth-order valence-corrected chi connectivity index (χ4v) is 6.18. The lowest BCUT2D eigenvalue weighted by Gasteiger charge is -2.43. The normalized spacial score (nSPS) is 21.1.